The summed E-state index contributed by atoms with van der Waals surface area (Å²) in [6.45, 7) is 0.00419. The van der Waals surface area contributed by atoms with Crippen molar-refractivity contribution in [2.45, 2.75) is 24.5 Å². The Balaban J connectivity index is 2.61. The van der Waals surface area contributed by atoms with E-state index >= 15 is 0 Å². The summed E-state index contributed by atoms with van der Waals surface area (Å²) in [6, 6.07) is -1.28. The van der Waals surface area contributed by atoms with Crippen LogP contribution in [0.2, 0.25) is 0 Å². The number of ether oxygens (including phenoxy) is 2. The van der Waals surface area contributed by atoms with E-state index in [1.165, 1.54) is 14.2 Å². The summed E-state index contributed by atoms with van der Waals surface area (Å²) < 4.78 is 9.85. The Hall–Kier alpha value is -0.890. The highest BCUT2D eigenvalue weighted by atomic mass is 16.7. The van der Waals surface area contributed by atoms with Gasteiger partial charge in [-0.25, -0.2) is 4.79 Å². The number of methoxy groups -OCH3 is 1. The van der Waals surface area contributed by atoms with Crippen LogP contribution in [0.1, 0.15) is 0 Å². The lowest BCUT2D eigenvalue weighted by molar-refractivity contribution is -0.234. The molecule has 0 aliphatic carbocycles. The highest BCUT2D eigenvalue weighted by Gasteiger charge is 2.39. The number of carbonyl (C=O) groups is 1. The first-order chi connectivity index (χ1) is 7.10. The Morgan fingerprint density at radius 1 is 1.53 bits per heavy atom. The number of rotatable bonds is 2. The average Bonchev–Trinajstić information content (AvgIpc) is 2.24. The number of amides is 2. The second-order valence-electron chi connectivity index (χ2n) is 3.24. The highest BCUT2D eigenvalue weighted by Crippen LogP contribution is 2.15. The van der Waals surface area contributed by atoms with Crippen LogP contribution in [-0.4, -0.2) is 61.5 Å². The van der Waals surface area contributed by atoms with Crippen molar-refractivity contribution in [1.29, 1.82) is 0 Å². The van der Waals surface area contributed by atoms with E-state index in [2.05, 4.69) is 10.6 Å². The van der Waals surface area contributed by atoms with E-state index in [-0.39, 0.29) is 6.61 Å². The summed E-state index contributed by atoms with van der Waals surface area (Å²) in [5, 5.41) is 24.0. The fraction of sp³-hybridized carbons (Fsp3) is 0.875. The molecular weight excluding hydrogens is 204 g/mol. The summed E-state index contributed by atoms with van der Waals surface area (Å²) in [4.78, 5) is 11.0. The van der Waals surface area contributed by atoms with E-state index in [0.29, 0.717) is 0 Å². The number of aliphatic hydroxyl groups excluding tert-OH is 2. The number of hydrogen-bond donors (Lipinski definition) is 4. The Bertz CT molecular complexity index is 225. The molecule has 7 heteroatoms. The van der Waals surface area contributed by atoms with Crippen LogP contribution in [0.15, 0.2) is 0 Å². The first-order valence-corrected chi connectivity index (χ1v) is 4.59. The van der Waals surface area contributed by atoms with Gasteiger partial charge in [0.05, 0.1) is 12.6 Å². The normalized spacial score (nSPS) is 36.0. The molecule has 4 N–H and O–H groups in total. The molecule has 0 saturated carbocycles. The molecule has 1 saturated heterocycles. The van der Waals surface area contributed by atoms with Gasteiger partial charge < -0.3 is 30.3 Å². The molecular formula is C8H16N2O5. The SMILES string of the molecule is CNC(=O)N[C@@H]1[C@@H](O)[C@H](OC)OC[C@H]1O. The smallest absolute Gasteiger partial charge is 0.314 e. The lowest BCUT2D eigenvalue weighted by Gasteiger charge is -2.37. The monoisotopic (exact) mass is 220 g/mol. The van der Waals surface area contributed by atoms with Crippen LogP contribution in [0, 0.1) is 0 Å². The van der Waals surface area contributed by atoms with Gasteiger partial charge in [0.25, 0.3) is 0 Å². The van der Waals surface area contributed by atoms with Gasteiger partial charge in [0.1, 0.15) is 12.2 Å². The Kier molecular flexibility index (Phi) is 4.28. The number of urea groups is 1. The van der Waals surface area contributed by atoms with Gasteiger partial charge in [-0.05, 0) is 0 Å². The molecule has 1 rings (SSSR count). The zero-order chi connectivity index (χ0) is 11.4. The summed E-state index contributed by atoms with van der Waals surface area (Å²) >= 11 is 0. The molecule has 7 nitrogen and oxygen atoms in total. The van der Waals surface area contributed by atoms with Crippen molar-refractivity contribution in [3.63, 3.8) is 0 Å². The minimum Gasteiger partial charge on any atom is -0.388 e. The molecule has 0 aromatic rings. The van der Waals surface area contributed by atoms with Gasteiger partial charge in [-0.15, -0.1) is 0 Å². The van der Waals surface area contributed by atoms with Gasteiger partial charge in [0.2, 0.25) is 0 Å². The minimum absolute atomic E-state index is 0.00419. The van der Waals surface area contributed by atoms with Crippen LogP contribution in [0.25, 0.3) is 0 Å². The van der Waals surface area contributed by atoms with Crippen LogP contribution in [0.3, 0.4) is 0 Å². The summed E-state index contributed by atoms with van der Waals surface area (Å²) in [5.41, 5.74) is 0. The van der Waals surface area contributed by atoms with Gasteiger partial charge in [-0.2, -0.15) is 0 Å². The van der Waals surface area contributed by atoms with Gasteiger partial charge in [-0.3, -0.25) is 0 Å². The number of aliphatic hydroxyl groups is 2. The topological polar surface area (TPSA) is 100 Å². The Labute approximate surface area is 87.4 Å². The van der Waals surface area contributed by atoms with Crippen molar-refractivity contribution in [2.24, 2.45) is 0 Å². The van der Waals surface area contributed by atoms with Crippen molar-refractivity contribution in [1.82, 2.24) is 10.6 Å². The standard InChI is InChI=1S/C8H16N2O5/c1-9-8(13)10-5-4(11)3-15-7(14-2)6(5)12/h4-7,11-12H,3H2,1-2H3,(H2,9,10,13)/t4-,5+,6-,7-/m1/s1. The van der Waals surface area contributed by atoms with Crippen LogP contribution >= 0.6 is 0 Å². The third kappa shape index (κ3) is 2.78. The maximum atomic E-state index is 11.0. The van der Waals surface area contributed by atoms with E-state index in [4.69, 9.17) is 9.47 Å². The average molecular weight is 220 g/mol. The maximum Gasteiger partial charge on any atom is 0.314 e. The molecule has 0 aromatic heterocycles. The third-order valence-corrected chi connectivity index (χ3v) is 2.25. The van der Waals surface area contributed by atoms with Gasteiger partial charge in [-0.1, -0.05) is 0 Å². The molecule has 2 amide bonds. The summed E-state index contributed by atoms with van der Waals surface area (Å²) in [7, 11) is 2.82. The Morgan fingerprint density at radius 3 is 2.73 bits per heavy atom. The molecule has 1 aliphatic rings. The van der Waals surface area contributed by atoms with Crippen molar-refractivity contribution in [2.75, 3.05) is 20.8 Å². The van der Waals surface area contributed by atoms with Crippen molar-refractivity contribution in [3.8, 4) is 0 Å². The molecule has 4 atom stereocenters. The lowest BCUT2D eigenvalue weighted by atomic mass is 10.0. The highest BCUT2D eigenvalue weighted by molar-refractivity contribution is 5.74. The van der Waals surface area contributed by atoms with Gasteiger partial charge >= 0.3 is 6.03 Å². The zero-order valence-electron chi connectivity index (χ0n) is 8.64. The zero-order valence-corrected chi connectivity index (χ0v) is 8.64. The fourth-order valence-corrected chi connectivity index (χ4v) is 1.41. The second kappa shape index (κ2) is 5.26. The fourth-order valence-electron chi connectivity index (χ4n) is 1.41. The molecule has 1 heterocycles. The minimum atomic E-state index is -1.10. The molecule has 0 radical (unpaired) electrons. The molecule has 0 bridgehead atoms. The summed E-state index contributed by atoms with van der Waals surface area (Å²) in [5.74, 6) is 0. The van der Waals surface area contributed by atoms with Crippen molar-refractivity contribution in [3.05, 3.63) is 0 Å². The van der Waals surface area contributed by atoms with Crippen LogP contribution in [-0.2, 0) is 9.47 Å². The van der Waals surface area contributed by atoms with E-state index in [1.54, 1.807) is 0 Å². The number of carbonyl (C=O) groups excluding carboxylic acids is 1. The van der Waals surface area contributed by atoms with Crippen molar-refractivity contribution >= 4 is 6.03 Å². The van der Waals surface area contributed by atoms with Crippen LogP contribution < -0.4 is 10.6 Å². The first kappa shape index (κ1) is 12.2. The molecule has 0 unspecified atom stereocenters. The largest absolute Gasteiger partial charge is 0.388 e. The summed E-state index contributed by atoms with van der Waals surface area (Å²) in [6.07, 6.45) is -2.89. The van der Waals surface area contributed by atoms with Crippen LogP contribution in [0.5, 0.6) is 0 Å². The van der Waals surface area contributed by atoms with Crippen LogP contribution in [0.4, 0.5) is 4.79 Å². The number of hydrogen-bond acceptors (Lipinski definition) is 5. The maximum absolute atomic E-state index is 11.0. The predicted molar refractivity (Wildman–Crippen MR) is 50.1 cm³/mol. The molecule has 0 spiro atoms. The molecule has 88 valence electrons. The van der Waals surface area contributed by atoms with Gasteiger partial charge in [0.15, 0.2) is 6.29 Å². The number of nitrogens with one attached hydrogen (secondary N) is 2. The van der Waals surface area contributed by atoms with E-state index < -0.39 is 30.6 Å². The molecule has 0 aromatic carbocycles. The lowest BCUT2D eigenvalue weighted by Crippen LogP contribution is -2.61. The second-order valence-corrected chi connectivity index (χ2v) is 3.24. The van der Waals surface area contributed by atoms with E-state index in [0.717, 1.165) is 0 Å². The third-order valence-electron chi connectivity index (χ3n) is 2.25. The molecule has 1 fully saturated rings. The van der Waals surface area contributed by atoms with E-state index in [1.807, 2.05) is 0 Å². The quantitative estimate of drug-likeness (QED) is 0.431. The first-order valence-electron chi connectivity index (χ1n) is 4.59. The van der Waals surface area contributed by atoms with Crippen molar-refractivity contribution < 1.29 is 24.5 Å². The predicted octanol–water partition coefficient (Wildman–Crippen LogP) is -1.99. The molecule has 1 aliphatic heterocycles. The van der Waals surface area contributed by atoms with Gasteiger partial charge in [0, 0.05) is 14.2 Å². The van der Waals surface area contributed by atoms with E-state index in [9.17, 15) is 15.0 Å². The molecule has 15 heavy (non-hydrogen) atoms. The Morgan fingerprint density at radius 2 is 2.20 bits per heavy atom.